The van der Waals surface area contributed by atoms with Crippen LogP contribution in [0.15, 0.2) is 41.5 Å². The summed E-state index contributed by atoms with van der Waals surface area (Å²) in [5, 5.41) is 0. The van der Waals surface area contributed by atoms with Crippen LogP contribution in [0.25, 0.3) is 5.69 Å². The minimum Gasteiger partial charge on any atom is -0.292 e. The highest BCUT2D eigenvalue weighted by atomic mass is 32.1. The maximum Gasteiger partial charge on any atom is 0.253 e. The van der Waals surface area contributed by atoms with Crippen LogP contribution in [0.1, 0.15) is 25.6 Å². The number of nitrogens with zero attached hydrogens (tertiary/aromatic N) is 2. The van der Waals surface area contributed by atoms with Crippen molar-refractivity contribution >= 4 is 17.2 Å². The Balaban J connectivity index is 2.54. The number of rotatable bonds is 1. The van der Waals surface area contributed by atoms with Gasteiger partial charge in [-0.1, -0.05) is 39.0 Å². The molecule has 1 aromatic heterocycles. The summed E-state index contributed by atoms with van der Waals surface area (Å²) in [5.74, 6) is -0.0981. The van der Waals surface area contributed by atoms with Crippen LogP contribution in [-0.2, 0) is 4.79 Å². The quantitative estimate of drug-likeness (QED) is 0.785. The fourth-order valence-corrected chi connectivity index (χ4v) is 2.39. The minimum absolute atomic E-state index is 0.0981. The number of benzene rings is 1. The van der Waals surface area contributed by atoms with Crippen LogP contribution < -0.4 is 4.80 Å². The van der Waals surface area contributed by atoms with Gasteiger partial charge in [-0.15, -0.1) is 11.3 Å². The van der Waals surface area contributed by atoms with E-state index in [9.17, 15) is 4.79 Å². The molecule has 0 N–H and O–H groups in total. The van der Waals surface area contributed by atoms with Crippen LogP contribution >= 0.6 is 11.3 Å². The van der Waals surface area contributed by atoms with Crippen molar-refractivity contribution in [3.8, 4) is 5.69 Å². The van der Waals surface area contributed by atoms with E-state index in [2.05, 4.69) is 4.99 Å². The van der Waals surface area contributed by atoms with E-state index in [0.717, 1.165) is 15.4 Å². The predicted octanol–water partition coefficient (Wildman–Crippen LogP) is 3.32. The van der Waals surface area contributed by atoms with Gasteiger partial charge in [0.2, 0.25) is 0 Å². The first kappa shape index (κ1) is 13.7. The first-order valence-corrected chi connectivity index (χ1v) is 7.03. The Morgan fingerprint density at radius 3 is 2.42 bits per heavy atom. The monoisotopic (exact) mass is 274 g/mol. The molecular formula is C15H18N2OS. The average Bonchev–Trinajstić information content (AvgIpc) is 2.70. The molecule has 0 bridgehead atoms. The van der Waals surface area contributed by atoms with Crippen molar-refractivity contribution in [2.45, 2.75) is 27.7 Å². The molecule has 4 heteroatoms. The maximum absolute atomic E-state index is 12.1. The molecule has 1 heterocycles. The zero-order chi connectivity index (χ0) is 14.0. The lowest BCUT2D eigenvalue weighted by molar-refractivity contribution is -0.125. The molecular weight excluding hydrogens is 256 g/mol. The molecule has 0 saturated heterocycles. The Labute approximate surface area is 117 Å². The molecule has 1 aromatic carbocycles. The Hall–Kier alpha value is -1.68. The fraction of sp³-hybridized carbons (Fsp3) is 0.333. The van der Waals surface area contributed by atoms with Gasteiger partial charge in [0, 0.05) is 22.2 Å². The summed E-state index contributed by atoms with van der Waals surface area (Å²) < 4.78 is 1.96. The normalized spacial score (nSPS) is 12.7. The van der Waals surface area contributed by atoms with E-state index in [1.165, 1.54) is 11.3 Å². The number of thiazole rings is 1. The van der Waals surface area contributed by atoms with Gasteiger partial charge in [-0.05, 0) is 19.1 Å². The van der Waals surface area contributed by atoms with Crippen LogP contribution in [0.2, 0.25) is 0 Å². The van der Waals surface area contributed by atoms with Crippen molar-refractivity contribution in [1.82, 2.24) is 4.57 Å². The standard InChI is InChI=1S/C15H18N2OS/c1-11-10-17(12-8-6-5-7-9-12)14(19-11)16-13(18)15(2,3)4/h5-10H,1-4H3. The zero-order valence-corrected chi connectivity index (χ0v) is 12.5. The Bertz CT molecular complexity index is 645. The summed E-state index contributed by atoms with van der Waals surface area (Å²) in [6.45, 7) is 7.66. The van der Waals surface area contributed by atoms with Crippen LogP contribution in [0.5, 0.6) is 0 Å². The minimum atomic E-state index is -0.452. The predicted molar refractivity (Wildman–Crippen MR) is 78.4 cm³/mol. The van der Waals surface area contributed by atoms with Crippen molar-refractivity contribution in [2.24, 2.45) is 10.4 Å². The Kier molecular flexibility index (Phi) is 3.71. The van der Waals surface area contributed by atoms with Gasteiger partial charge in [0.1, 0.15) is 0 Å². The van der Waals surface area contributed by atoms with Crippen LogP contribution in [0.3, 0.4) is 0 Å². The van der Waals surface area contributed by atoms with Crippen molar-refractivity contribution in [3.63, 3.8) is 0 Å². The molecule has 0 aliphatic carbocycles. The van der Waals surface area contributed by atoms with E-state index < -0.39 is 5.41 Å². The maximum atomic E-state index is 12.1. The molecule has 0 fully saturated rings. The van der Waals surface area contributed by atoms with E-state index in [-0.39, 0.29) is 5.91 Å². The summed E-state index contributed by atoms with van der Waals surface area (Å²) in [7, 11) is 0. The topological polar surface area (TPSA) is 34.4 Å². The molecule has 0 spiro atoms. The average molecular weight is 274 g/mol. The van der Waals surface area contributed by atoms with Gasteiger partial charge in [-0.25, -0.2) is 0 Å². The SMILES string of the molecule is Cc1cn(-c2ccccc2)c(=NC(=O)C(C)(C)C)s1. The lowest BCUT2D eigenvalue weighted by atomic mass is 9.96. The molecule has 0 aliphatic heterocycles. The third-order valence-corrected chi connectivity index (χ3v) is 3.54. The lowest BCUT2D eigenvalue weighted by Gasteiger charge is -2.11. The molecule has 2 rings (SSSR count). The van der Waals surface area contributed by atoms with E-state index >= 15 is 0 Å². The summed E-state index contributed by atoms with van der Waals surface area (Å²) >= 11 is 1.53. The number of hydrogen-bond acceptors (Lipinski definition) is 2. The summed E-state index contributed by atoms with van der Waals surface area (Å²) in [6, 6.07) is 9.94. The number of carbonyl (C=O) groups is 1. The molecule has 19 heavy (non-hydrogen) atoms. The molecule has 0 radical (unpaired) electrons. The van der Waals surface area contributed by atoms with E-state index in [4.69, 9.17) is 0 Å². The van der Waals surface area contributed by atoms with Gasteiger partial charge < -0.3 is 0 Å². The molecule has 0 unspecified atom stereocenters. The molecule has 0 aliphatic rings. The first-order valence-electron chi connectivity index (χ1n) is 6.21. The number of amides is 1. The number of para-hydroxylation sites is 1. The van der Waals surface area contributed by atoms with Crippen molar-refractivity contribution < 1.29 is 4.79 Å². The third kappa shape index (κ3) is 3.20. The van der Waals surface area contributed by atoms with Gasteiger partial charge >= 0.3 is 0 Å². The third-order valence-electron chi connectivity index (χ3n) is 2.64. The first-order chi connectivity index (χ1) is 8.88. The smallest absolute Gasteiger partial charge is 0.253 e. The highest BCUT2D eigenvalue weighted by Gasteiger charge is 2.20. The van der Waals surface area contributed by atoms with Gasteiger partial charge in [0.25, 0.3) is 5.91 Å². The lowest BCUT2D eigenvalue weighted by Crippen LogP contribution is -2.22. The second-order valence-corrected chi connectivity index (χ2v) is 6.71. The second kappa shape index (κ2) is 5.13. The number of carbonyl (C=O) groups excluding carboxylic acids is 1. The fourth-order valence-electron chi connectivity index (χ4n) is 1.56. The number of aryl methyl sites for hydroxylation is 1. The van der Waals surface area contributed by atoms with E-state index in [0.29, 0.717) is 0 Å². The number of aromatic nitrogens is 1. The summed E-state index contributed by atoms with van der Waals surface area (Å²) in [4.78, 5) is 18.2. The highest BCUT2D eigenvalue weighted by Crippen LogP contribution is 2.15. The Morgan fingerprint density at radius 2 is 1.84 bits per heavy atom. The van der Waals surface area contributed by atoms with Gasteiger partial charge in [0.15, 0.2) is 4.80 Å². The van der Waals surface area contributed by atoms with E-state index in [1.54, 1.807) is 0 Å². The van der Waals surface area contributed by atoms with Crippen LogP contribution in [0, 0.1) is 12.3 Å². The zero-order valence-electron chi connectivity index (χ0n) is 11.7. The molecule has 3 nitrogen and oxygen atoms in total. The van der Waals surface area contributed by atoms with Gasteiger partial charge in [-0.2, -0.15) is 4.99 Å². The Morgan fingerprint density at radius 1 is 1.21 bits per heavy atom. The molecule has 0 atom stereocenters. The largest absolute Gasteiger partial charge is 0.292 e. The van der Waals surface area contributed by atoms with Crippen LogP contribution in [-0.4, -0.2) is 10.5 Å². The van der Waals surface area contributed by atoms with Crippen molar-refractivity contribution in [2.75, 3.05) is 0 Å². The van der Waals surface area contributed by atoms with Crippen molar-refractivity contribution in [1.29, 1.82) is 0 Å². The molecule has 100 valence electrons. The van der Waals surface area contributed by atoms with Gasteiger partial charge in [-0.3, -0.25) is 9.36 Å². The summed E-state index contributed by atoms with van der Waals surface area (Å²) in [5.41, 5.74) is 0.569. The summed E-state index contributed by atoms with van der Waals surface area (Å²) in [6.07, 6.45) is 2.01. The van der Waals surface area contributed by atoms with Gasteiger partial charge in [0.05, 0.1) is 0 Å². The molecule has 1 amide bonds. The second-order valence-electron chi connectivity index (χ2n) is 5.50. The van der Waals surface area contributed by atoms with Crippen molar-refractivity contribution in [3.05, 3.63) is 46.2 Å². The number of hydrogen-bond donors (Lipinski definition) is 0. The molecule has 0 saturated carbocycles. The highest BCUT2D eigenvalue weighted by molar-refractivity contribution is 7.09. The molecule has 2 aromatic rings. The van der Waals surface area contributed by atoms with Crippen LogP contribution in [0.4, 0.5) is 0 Å². The van der Waals surface area contributed by atoms with E-state index in [1.807, 2.05) is 68.8 Å².